The van der Waals surface area contributed by atoms with E-state index in [9.17, 15) is 9.59 Å². The smallest absolute Gasteiger partial charge is 0.358 e. The van der Waals surface area contributed by atoms with Crippen LogP contribution in [0.5, 0.6) is 0 Å². The molecule has 2 rings (SSSR count). The Bertz CT molecular complexity index is 583. The maximum absolute atomic E-state index is 11.3. The van der Waals surface area contributed by atoms with Gasteiger partial charge in [0.1, 0.15) is 5.52 Å². The molecule has 0 aromatic carbocycles. The van der Waals surface area contributed by atoms with Crippen LogP contribution in [0.15, 0.2) is 11.0 Å². The second-order valence-corrected chi connectivity index (χ2v) is 2.95. The molecule has 15 heavy (non-hydrogen) atoms. The molecule has 0 fully saturated rings. The largest absolute Gasteiger partial charge is 0.476 e. The SMILES string of the molecule is CCn1cc2c(=O)[nH]nc(C(=O)O)c2n1. The molecule has 0 spiro atoms. The minimum absolute atomic E-state index is 0.119. The van der Waals surface area contributed by atoms with Crippen molar-refractivity contribution in [3.8, 4) is 0 Å². The van der Waals surface area contributed by atoms with Crippen molar-refractivity contribution in [1.29, 1.82) is 0 Å². The van der Waals surface area contributed by atoms with E-state index in [4.69, 9.17) is 5.11 Å². The number of hydrogen-bond acceptors (Lipinski definition) is 4. The summed E-state index contributed by atoms with van der Waals surface area (Å²) < 4.78 is 1.49. The first-order valence-corrected chi connectivity index (χ1v) is 4.32. The van der Waals surface area contributed by atoms with Gasteiger partial charge in [-0.25, -0.2) is 9.89 Å². The minimum Gasteiger partial charge on any atom is -0.476 e. The number of carboxylic acid groups (broad SMARTS) is 1. The number of aromatic carboxylic acids is 1. The van der Waals surface area contributed by atoms with Crippen molar-refractivity contribution in [1.82, 2.24) is 20.0 Å². The van der Waals surface area contributed by atoms with Crippen molar-refractivity contribution in [2.45, 2.75) is 13.5 Å². The number of carbonyl (C=O) groups is 1. The Kier molecular flexibility index (Phi) is 2.00. The molecule has 0 aliphatic heterocycles. The van der Waals surface area contributed by atoms with Gasteiger partial charge in [-0.15, -0.1) is 0 Å². The molecule has 0 unspecified atom stereocenters. The molecule has 2 N–H and O–H groups in total. The number of fused-ring (bicyclic) bond motifs is 1. The van der Waals surface area contributed by atoms with Gasteiger partial charge in [-0.1, -0.05) is 0 Å². The molecule has 2 heterocycles. The summed E-state index contributed by atoms with van der Waals surface area (Å²) in [7, 11) is 0. The van der Waals surface area contributed by atoms with Gasteiger partial charge >= 0.3 is 5.97 Å². The Labute approximate surface area is 83.3 Å². The third-order valence-electron chi connectivity index (χ3n) is 2.03. The first kappa shape index (κ1) is 9.38. The lowest BCUT2D eigenvalue weighted by molar-refractivity contribution is 0.0691. The number of aromatic amines is 1. The fourth-order valence-corrected chi connectivity index (χ4v) is 1.29. The van der Waals surface area contributed by atoms with Gasteiger partial charge in [-0.2, -0.15) is 10.2 Å². The van der Waals surface area contributed by atoms with E-state index in [0.717, 1.165) is 0 Å². The van der Waals surface area contributed by atoms with Crippen molar-refractivity contribution in [3.63, 3.8) is 0 Å². The van der Waals surface area contributed by atoms with Gasteiger partial charge in [-0.3, -0.25) is 9.48 Å². The molecule has 2 aromatic heterocycles. The highest BCUT2D eigenvalue weighted by molar-refractivity contribution is 5.98. The average molecular weight is 208 g/mol. The van der Waals surface area contributed by atoms with Gasteiger partial charge in [0, 0.05) is 12.7 Å². The molecule has 0 aliphatic rings. The third-order valence-corrected chi connectivity index (χ3v) is 2.03. The topological polar surface area (TPSA) is 101 Å². The highest BCUT2D eigenvalue weighted by Crippen LogP contribution is 2.10. The lowest BCUT2D eigenvalue weighted by Crippen LogP contribution is -2.13. The number of carboxylic acids is 1. The van der Waals surface area contributed by atoms with Crippen LogP contribution in [-0.2, 0) is 6.54 Å². The lowest BCUT2D eigenvalue weighted by Gasteiger charge is -1.92. The number of aryl methyl sites for hydroxylation is 1. The summed E-state index contributed by atoms with van der Waals surface area (Å²) in [5, 5.41) is 18.6. The van der Waals surface area contributed by atoms with E-state index < -0.39 is 11.5 Å². The molecule has 0 saturated heterocycles. The maximum atomic E-state index is 11.3. The summed E-state index contributed by atoms with van der Waals surface area (Å²) >= 11 is 0. The summed E-state index contributed by atoms with van der Waals surface area (Å²) in [5.74, 6) is -1.21. The molecule has 0 atom stereocenters. The van der Waals surface area contributed by atoms with Gasteiger partial charge in [-0.05, 0) is 6.92 Å². The van der Waals surface area contributed by atoms with Crippen LogP contribution in [0.4, 0.5) is 0 Å². The van der Waals surface area contributed by atoms with Crippen molar-refractivity contribution in [2.75, 3.05) is 0 Å². The lowest BCUT2D eigenvalue weighted by atomic mass is 10.3. The zero-order chi connectivity index (χ0) is 11.0. The van der Waals surface area contributed by atoms with Crippen molar-refractivity contribution >= 4 is 16.9 Å². The van der Waals surface area contributed by atoms with Crippen molar-refractivity contribution < 1.29 is 9.90 Å². The number of rotatable bonds is 2. The van der Waals surface area contributed by atoms with E-state index in [0.29, 0.717) is 6.54 Å². The van der Waals surface area contributed by atoms with Crippen LogP contribution >= 0.6 is 0 Å². The summed E-state index contributed by atoms with van der Waals surface area (Å²) in [6.07, 6.45) is 1.50. The summed E-state index contributed by atoms with van der Waals surface area (Å²) in [5.41, 5.74) is -0.556. The second-order valence-electron chi connectivity index (χ2n) is 2.95. The Morgan fingerprint density at radius 1 is 1.67 bits per heavy atom. The first-order valence-electron chi connectivity index (χ1n) is 4.32. The second kappa shape index (κ2) is 3.19. The van der Waals surface area contributed by atoms with Crippen LogP contribution in [0.1, 0.15) is 17.4 Å². The molecule has 0 aliphatic carbocycles. The van der Waals surface area contributed by atoms with Crippen LogP contribution in [0.3, 0.4) is 0 Å². The Balaban J connectivity index is 2.86. The number of nitrogens with one attached hydrogen (secondary N) is 1. The standard InChI is InChI=1S/C8H8N4O3/c1-2-12-3-4-5(11-12)6(8(14)15)9-10-7(4)13/h3H,2H2,1H3,(H,10,13)(H,14,15). The average Bonchev–Trinajstić information content (AvgIpc) is 2.62. The minimum atomic E-state index is -1.21. The van der Waals surface area contributed by atoms with E-state index >= 15 is 0 Å². The monoisotopic (exact) mass is 208 g/mol. The molecule has 0 saturated carbocycles. The van der Waals surface area contributed by atoms with E-state index in [1.165, 1.54) is 10.9 Å². The highest BCUT2D eigenvalue weighted by atomic mass is 16.4. The van der Waals surface area contributed by atoms with Gasteiger partial charge in [0.05, 0.1) is 5.39 Å². The third kappa shape index (κ3) is 1.37. The van der Waals surface area contributed by atoms with Crippen LogP contribution in [0.25, 0.3) is 10.9 Å². The predicted molar refractivity (Wildman–Crippen MR) is 50.8 cm³/mol. The van der Waals surface area contributed by atoms with Gasteiger partial charge in [0.25, 0.3) is 5.56 Å². The van der Waals surface area contributed by atoms with Crippen LogP contribution < -0.4 is 5.56 Å². The zero-order valence-electron chi connectivity index (χ0n) is 7.89. The van der Waals surface area contributed by atoms with Crippen LogP contribution in [0.2, 0.25) is 0 Å². The quantitative estimate of drug-likeness (QED) is 0.713. The van der Waals surface area contributed by atoms with Gasteiger partial charge in [0.15, 0.2) is 5.69 Å². The van der Waals surface area contributed by atoms with E-state index in [2.05, 4.69) is 15.3 Å². The maximum Gasteiger partial charge on any atom is 0.358 e. The normalized spacial score (nSPS) is 10.7. The molecule has 0 amide bonds. The molecule has 7 heteroatoms. The molecule has 78 valence electrons. The number of nitrogens with zero attached hydrogens (tertiary/aromatic N) is 3. The molecule has 2 aromatic rings. The Morgan fingerprint density at radius 2 is 2.40 bits per heavy atom. The van der Waals surface area contributed by atoms with Crippen molar-refractivity contribution in [2.24, 2.45) is 0 Å². The van der Waals surface area contributed by atoms with E-state index in [1.54, 1.807) is 0 Å². The van der Waals surface area contributed by atoms with Gasteiger partial charge < -0.3 is 5.11 Å². The molecular formula is C8H8N4O3. The fourth-order valence-electron chi connectivity index (χ4n) is 1.29. The van der Waals surface area contributed by atoms with E-state index in [1.807, 2.05) is 6.92 Å². The predicted octanol–water partition coefficient (Wildman–Crippen LogP) is -0.162. The molecule has 0 radical (unpaired) electrons. The molecule has 0 bridgehead atoms. The van der Waals surface area contributed by atoms with Crippen molar-refractivity contribution in [3.05, 3.63) is 22.2 Å². The first-order chi connectivity index (χ1) is 7.13. The number of aromatic nitrogens is 4. The number of H-pyrrole nitrogens is 1. The van der Waals surface area contributed by atoms with Crippen LogP contribution in [0, 0.1) is 0 Å². The summed E-state index contributed by atoms with van der Waals surface area (Å²) in [6.45, 7) is 2.40. The van der Waals surface area contributed by atoms with Crippen LogP contribution in [-0.4, -0.2) is 31.1 Å². The Morgan fingerprint density at radius 3 is 3.00 bits per heavy atom. The number of hydrogen-bond donors (Lipinski definition) is 2. The summed E-state index contributed by atoms with van der Waals surface area (Å²) in [4.78, 5) is 22.1. The zero-order valence-corrected chi connectivity index (χ0v) is 7.89. The Hall–Kier alpha value is -2.18. The molecule has 7 nitrogen and oxygen atoms in total. The summed E-state index contributed by atoms with van der Waals surface area (Å²) in [6, 6.07) is 0. The van der Waals surface area contributed by atoms with E-state index in [-0.39, 0.29) is 16.6 Å². The highest BCUT2D eigenvalue weighted by Gasteiger charge is 2.15. The fraction of sp³-hybridized carbons (Fsp3) is 0.250. The molecular weight excluding hydrogens is 200 g/mol. The van der Waals surface area contributed by atoms with Gasteiger partial charge in [0.2, 0.25) is 0 Å².